The number of methoxy groups -OCH3 is 1. The van der Waals surface area contributed by atoms with E-state index in [1.165, 1.54) is 18.9 Å². The van der Waals surface area contributed by atoms with Gasteiger partial charge in [-0.1, -0.05) is 0 Å². The van der Waals surface area contributed by atoms with E-state index in [-0.39, 0.29) is 6.61 Å². The Kier molecular flexibility index (Phi) is 4.53. The van der Waals surface area contributed by atoms with Crippen molar-refractivity contribution in [2.75, 3.05) is 20.0 Å². The van der Waals surface area contributed by atoms with Crippen LogP contribution in [0.5, 0.6) is 0 Å². The number of carboxylic acid groups (broad SMARTS) is 1. The van der Waals surface area contributed by atoms with Gasteiger partial charge in [-0.2, -0.15) is 0 Å². The zero-order chi connectivity index (χ0) is 7.28. The van der Waals surface area contributed by atoms with Gasteiger partial charge >= 0.3 is 5.97 Å². The summed E-state index contributed by atoms with van der Waals surface area (Å²) in [4.78, 5) is 10.2. The summed E-state index contributed by atoms with van der Waals surface area (Å²) in [7, 11) is 1.49. The van der Waals surface area contributed by atoms with Crippen molar-refractivity contribution in [3.05, 3.63) is 0 Å². The molecule has 0 aromatic rings. The molecule has 1 unspecified atom stereocenters. The fourth-order valence-electron chi connectivity index (χ4n) is 0.392. The van der Waals surface area contributed by atoms with E-state index in [1.54, 1.807) is 6.26 Å². The van der Waals surface area contributed by atoms with E-state index in [2.05, 4.69) is 4.74 Å². The van der Waals surface area contributed by atoms with E-state index in [1.807, 2.05) is 0 Å². The molecule has 9 heavy (non-hydrogen) atoms. The third-order valence-corrected chi connectivity index (χ3v) is 1.78. The summed E-state index contributed by atoms with van der Waals surface area (Å²) in [6.07, 6.45) is 1.75. The second-order valence-electron chi connectivity index (χ2n) is 1.52. The Morgan fingerprint density at radius 1 is 1.89 bits per heavy atom. The van der Waals surface area contributed by atoms with Crippen molar-refractivity contribution in [3.63, 3.8) is 0 Å². The summed E-state index contributed by atoms with van der Waals surface area (Å²) < 4.78 is 4.65. The number of thioether (sulfide) groups is 1. The van der Waals surface area contributed by atoms with Crippen LogP contribution in [0.25, 0.3) is 0 Å². The van der Waals surface area contributed by atoms with E-state index < -0.39 is 11.2 Å². The molecule has 0 spiro atoms. The molecule has 0 amide bonds. The van der Waals surface area contributed by atoms with E-state index in [9.17, 15) is 4.79 Å². The number of hydrogen-bond acceptors (Lipinski definition) is 3. The van der Waals surface area contributed by atoms with Crippen molar-refractivity contribution in [2.24, 2.45) is 0 Å². The van der Waals surface area contributed by atoms with E-state index >= 15 is 0 Å². The van der Waals surface area contributed by atoms with Crippen LogP contribution >= 0.6 is 11.8 Å². The van der Waals surface area contributed by atoms with Crippen LogP contribution in [0.1, 0.15) is 0 Å². The maximum absolute atomic E-state index is 10.2. The van der Waals surface area contributed by atoms with Gasteiger partial charge in [0.25, 0.3) is 0 Å². The third kappa shape index (κ3) is 3.37. The van der Waals surface area contributed by atoms with Gasteiger partial charge in [0, 0.05) is 7.11 Å². The Bertz CT molecular complexity index is 94.2. The minimum absolute atomic E-state index is 0.274. The molecule has 0 aliphatic rings. The molecule has 1 atom stereocenters. The summed E-state index contributed by atoms with van der Waals surface area (Å²) in [6, 6.07) is 0. The summed E-state index contributed by atoms with van der Waals surface area (Å²) in [6.45, 7) is 0.274. The highest BCUT2D eigenvalue weighted by atomic mass is 32.2. The van der Waals surface area contributed by atoms with Crippen molar-refractivity contribution in [1.29, 1.82) is 0 Å². The number of aliphatic carboxylic acids is 1. The first-order valence-corrected chi connectivity index (χ1v) is 3.75. The quantitative estimate of drug-likeness (QED) is 0.632. The number of hydrogen-bond donors (Lipinski definition) is 1. The van der Waals surface area contributed by atoms with Crippen molar-refractivity contribution < 1.29 is 14.6 Å². The summed E-state index contributed by atoms with van der Waals surface area (Å²) in [5, 5.41) is 7.98. The molecule has 0 heterocycles. The molecule has 0 rings (SSSR count). The number of carboxylic acids is 1. The molecule has 0 saturated carbocycles. The predicted molar refractivity (Wildman–Crippen MR) is 36.8 cm³/mol. The lowest BCUT2D eigenvalue weighted by atomic mass is 10.5. The van der Waals surface area contributed by atoms with Crippen LogP contribution in [0.3, 0.4) is 0 Å². The van der Waals surface area contributed by atoms with Gasteiger partial charge in [0.05, 0.1) is 6.61 Å². The first-order chi connectivity index (χ1) is 4.22. The number of ether oxygens (including phenoxy) is 1. The normalized spacial score (nSPS) is 13.1. The van der Waals surface area contributed by atoms with Crippen molar-refractivity contribution in [1.82, 2.24) is 0 Å². The fourth-order valence-corrected chi connectivity index (χ4v) is 0.865. The molecule has 0 radical (unpaired) electrons. The zero-order valence-electron chi connectivity index (χ0n) is 5.46. The maximum Gasteiger partial charge on any atom is 0.318 e. The molecule has 0 aromatic heterocycles. The second-order valence-corrected chi connectivity index (χ2v) is 2.56. The molecule has 3 nitrogen and oxygen atoms in total. The van der Waals surface area contributed by atoms with Gasteiger partial charge in [0.1, 0.15) is 5.25 Å². The smallest absolute Gasteiger partial charge is 0.318 e. The lowest BCUT2D eigenvalue weighted by Gasteiger charge is -2.05. The van der Waals surface area contributed by atoms with E-state index in [0.717, 1.165) is 0 Å². The Morgan fingerprint density at radius 2 is 2.44 bits per heavy atom. The first kappa shape index (κ1) is 8.78. The first-order valence-electron chi connectivity index (χ1n) is 2.47. The monoisotopic (exact) mass is 150 g/mol. The van der Waals surface area contributed by atoms with Gasteiger partial charge < -0.3 is 9.84 Å². The van der Waals surface area contributed by atoms with Crippen LogP contribution in [0.4, 0.5) is 0 Å². The third-order valence-electron chi connectivity index (χ3n) is 0.878. The molecule has 0 saturated heterocycles. The average Bonchev–Trinajstić information content (AvgIpc) is 1.82. The molecule has 54 valence electrons. The maximum atomic E-state index is 10.2. The fraction of sp³-hybridized carbons (Fsp3) is 0.800. The highest BCUT2D eigenvalue weighted by molar-refractivity contribution is 7.99. The number of carbonyl (C=O) groups is 1. The van der Waals surface area contributed by atoms with Gasteiger partial charge in [0.2, 0.25) is 0 Å². The van der Waals surface area contributed by atoms with Crippen molar-refractivity contribution >= 4 is 17.7 Å². The van der Waals surface area contributed by atoms with Gasteiger partial charge in [-0.05, 0) is 6.26 Å². The summed E-state index contributed by atoms with van der Waals surface area (Å²) in [5.41, 5.74) is 0. The molecular weight excluding hydrogens is 140 g/mol. The second kappa shape index (κ2) is 4.64. The largest absolute Gasteiger partial charge is 0.480 e. The topological polar surface area (TPSA) is 46.5 Å². The van der Waals surface area contributed by atoms with Crippen LogP contribution in [-0.4, -0.2) is 36.3 Å². The minimum Gasteiger partial charge on any atom is -0.480 e. The minimum atomic E-state index is -0.815. The zero-order valence-corrected chi connectivity index (χ0v) is 6.27. The molecule has 4 heteroatoms. The lowest BCUT2D eigenvalue weighted by molar-refractivity contribution is -0.137. The molecule has 0 fully saturated rings. The predicted octanol–water partition coefficient (Wildman–Crippen LogP) is 0.449. The van der Waals surface area contributed by atoms with Gasteiger partial charge in [0.15, 0.2) is 0 Å². The summed E-state index contributed by atoms with van der Waals surface area (Å²) in [5.74, 6) is -0.815. The van der Waals surface area contributed by atoms with Crippen LogP contribution in [0, 0.1) is 0 Å². The SMILES string of the molecule is COCC(SC)C(=O)O. The molecular formula is C5H10O3S. The van der Waals surface area contributed by atoms with Crippen molar-refractivity contribution in [3.8, 4) is 0 Å². The van der Waals surface area contributed by atoms with Crippen LogP contribution < -0.4 is 0 Å². The van der Waals surface area contributed by atoms with Gasteiger partial charge in [-0.25, -0.2) is 0 Å². The highest BCUT2D eigenvalue weighted by Crippen LogP contribution is 2.05. The van der Waals surface area contributed by atoms with Gasteiger partial charge in [-0.15, -0.1) is 11.8 Å². The standard InChI is InChI=1S/C5H10O3S/c1-8-3-4(9-2)5(6)7/h4H,3H2,1-2H3,(H,6,7). The average molecular weight is 150 g/mol. The summed E-state index contributed by atoms with van der Waals surface area (Å²) >= 11 is 1.28. The van der Waals surface area contributed by atoms with Gasteiger partial charge in [-0.3, -0.25) is 4.79 Å². The van der Waals surface area contributed by atoms with Crippen LogP contribution in [-0.2, 0) is 9.53 Å². The Morgan fingerprint density at radius 3 is 2.56 bits per heavy atom. The molecule has 0 aliphatic heterocycles. The Balaban J connectivity index is 3.54. The lowest BCUT2D eigenvalue weighted by Crippen LogP contribution is -2.21. The molecule has 1 N–H and O–H groups in total. The van der Waals surface area contributed by atoms with Crippen LogP contribution in [0.2, 0.25) is 0 Å². The Labute approximate surface area is 58.4 Å². The van der Waals surface area contributed by atoms with Crippen molar-refractivity contribution in [2.45, 2.75) is 5.25 Å². The molecule has 0 bridgehead atoms. The van der Waals surface area contributed by atoms with E-state index in [4.69, 9.17) is 5.11 Å². The Hall–Kier alpha value is -0.220. The highest BCUT2D eigenvalue weighted by Gasteiger charge is 2.14. The number of rotatable bonds is 4. The van der Waals surface area contributed by atoms with Crippen LogP contribution in [0.15, 0.2) is 0 Å². The van der Waals surface area contributed by atoms with E-state index in [0.29, 0.717) is 0 Å². The molecule has 0 aliphatic carbocycles. The molecule has 0 aromatic carbocycles.